The van der Waals surface area contributed by atoms with Crippen LogP contribution < -0.4 is 5.32 Å². The largest absolute Gasteiger partial charge is 0.416 e. The zero-order valence-corrected chi connectivity index (χ0v) is 10.1. The molecule has 0 bridgehead atoms. The second-order valence-corrected chi connectivity index (χ2v) is 4.03. The zero-order valence-electron chi connectivity index (χ0n) is 10.1. The van der Waals surface area contributed by atoms with Crippen LogP contribution in [0.1, 0.15) is 43.9 Å². The minimum absolute atomic E-state index is 0.136. The summed E-state index contributed by atoms with van der Waals surface area (Å²) in [7, 11) is 0. The maximum atomic E-state index is 12.4. The van der Waals surface area contributed by atoms with Crippen LogP contribution in [0.25, 0.3) is 0 Å². The molecule has 17 heavy (non-hydrogen) atoms. The molecule has 1 N–H and O–H groups in total. The molecule has 96 valence electrons. The fourth-order valence-corrected chi connectivity index (χ4v) is 1.72. The predicted molar refractivity (Wildman–Crippen MR) is 62.8 cm³/mol. The van der Waals surface area contributed by atoms with Gasteiger partial charge in [0, 0.05) is 6.04 Å². The standard InChI is InChI=1S/C13H18F3N/c1-3-9-17-12(4-2)10-5-7-11(8-6-10)13(14,15)16/h5-8,12,17H,3-4,9H2,1-2H3. The van der Waals surface area contributed by atoms with E-state index >= 15 is 0 Å². The van der Waals surface area contributed by atoms with E-state index in [4.69, 9.17) is 0 Å². The molecule has 0 radical (unpaired) electrons. The SMILES string of the molecule is CCCNC(CC)c1ccc(C(F)(F)F)cc1. The molecule has 4 heteroatoms. The van der Waals surface area contributed by atoms with E-state index < -0.39 is 11.7 Å². The molecule has 0 saturated heterocycles. The lowest BCUT2D eigenvalue weighted by Gasteiger charge is -2.17. The first-order valence-electron chi connectivity index (χ1n) is 5.89. The summed E-state index contributed by atoms with van der Waals surface area (Å²) in [6.07, 6.45) is -2.38. The van der Waals surface area contributed by atoms with Crippen LogP contribution in [0.2, 0.25) is 0 Å². The van der Waals surface area contributed by atoms with Crippen molar-refractivity contribution in [2.24, 2.45) is 0 Å². The molecule has 0 saturated carbocycles. The van der Waals surface area contributed by atoms with Crippen molar-refractivity contribution >= 4 is 0 Å². The summed E-state index contributed by atoms with van der Waals surface area (Å²) < 4.78 is 37.2. The van der Waals surface area contributed by atoms with E-state index in [9.17, 15) is 13.2 Å². The Balaban J connectivity index is 2.78. The minimum atomic E-state index is -4.25. The van der Waals surface area contributed by atoms with Gasteiger partial charge in [-0.3, -0.25) is 0 Å². The number of hydrogen-bond donors (Lipinski definition) is 1. The predicted octanol–water partition coefficient (Wildman–Crippen LogP) is 4.16. The van der Waals surface area contributed by atoms with Crippen molar-refractivity contribution in [1.82, 2.24) is 5.32 Å². The molecular weight excluding hydrogens is 227 g/mol. The molecule has 0 aliphatic carbocycles. The highest BCUT2D eigenvalue weighted by molar-refractivity contribution is 5.26. The monoisotopic (exact) mass is 245 g/mol. The van der Waals surface area contributed by atoms with Gasteiger partial charge in [0.2, 0.25) is 0 Å². The van der Waals surface area contributed by atoms with Gasteiger partial charge in [-0.1, -0.05) is 26.0 Å². The summed E-state index contributed by atoms with van der Waals surface area (Å²) in [5, 5.41) is 3.31. The Morgan fingerprint density at radius 1 is 1.12 bits per heavy atom. The summed E-state index contributed by atoms with van der Waals surface area (Å²) in [5.41, 5.74) is 0.320. The van der Waals surface area contributed by atoms with Crippen molar-refractivity contribution < 1.29 is 13.2 Å². The summed E-state index contributed by atoms with van der Waals surface area (Å²) >= 11 is 0. The molecule has 0 aromatic heterocycles. The van der Waals surface area contributed by atoms with Crippen LogP contribution in [-0.2, 0) is 6.18 Å². The lowest BCUT2D eigenvalue weighted by molar-refractivity contribution is -0.137. The van der Waals surface area contributed by atoms with Gasteiger partial charge in [-0.15, -0.1) is 0 Å². The maximum absolute atomic E-state index is 12.4. The first kappa shape index (κ1) is 14.0. The van der Waals surface area contributed by atoms with Crippen LogP contribution in [0.5, 0.6) is 0 Å². The van der Waals surface area contributed by atoms with E-state index in [1.807, 2.05) is 6.92 Å². The normalized spacial score (nSPS) is 13.7. The lowest BCUT2D eigenvalue weighted by atomic mass is 10.0. The van der Waals surface area contributed by atoms with Crippen molar-refractivity contribution in [2.45, 2.75) is 38.9 Å². The Labute approximate surface area is 100 Å². The van der Waals surface area contributed by atoms with Crippen LogP contribution in [0.3, 0.4) is 0 Å². The average molecular weight is 245 g/mol. The number of rotatable bonds is 5. The van der Waals surface area contributed by atoms with Gasteiger partial charge >= 0.3 is 6.18 Å². The second-order valence-electron chi connectivity index (χ2n) is 4.03. The maximum Gasteiger partial charge on any atom is 0.416 e. The molecule has 0 fully saturated rings. The number of benzene rings is 1. The van der Waals surface area contributed by atoms with Crippen molar-refractivity contribution in [3.8, 4) is 0 Å². The highest BCUT2D eigenvalue weighted by Crippen LogP contribution is 2.30. The fourth-order valence-electron chi connectivity index (χ4n) is 1.72. The molecule has 0 amide bonds. The summed E-state index contributed by atoms with van der Waals surface area (Å²) in [4.78, 5) is 0. The summed E-state index contributed by atoms with van der Waals surface area (Å²) in [6, 6.07) is 5.54. The second kappa shape index (κ2) is 6.05. The number of nitrogens with one attached hydrogen (secondary N) is 1. The summed E-state index contributed by atoms with van der Waals surface area (Å²) in [6.45, 7) is 4.96. The van der Waals surface area contributed by atoms with Crippen LogP contribution in [0.4, 0.5) is 13.2 Å². The summed E-state index contributed by atoms with van der Waals surface area (Å²) in [5.74, 6) is 0. The van der Waals surface area contributed by atoms with E-state index in [1.54, 1.807) is 12.1 Å². The van der Waals surface area contributed by atoms with Crippen LogP contribution in [0, 0.1) is 0 Å². The smallest absolute Gasteiger partial charge is 0.310 e. The third-order valence-corrected chi connectivity index (χ3v) is 2.69. The van der Waals surface area contributed by atoms with Crippen molar-refractivity contribution in [3.05, 3.63) is 35.4 Å². The molecule has 0 heterocycles. The molecule has 1 unspecified atom stereocenters. The Morgan fingerprint density at radius 2 is 1.71 bits per heavy atom. The number of alkyl halides is 3. The Kier molecular flexibility index (Phi) is 5.00. The van der Waals surface area contributed by atoms with Gasteiger partial charge in [0.15, 0.2) is 0 Å². The molecule has 1 aromatic carbocycles. The number of hydrogen-bond acceptors (Lipinski definition) is 1. The van der Waals surface area contributed by atoms with E-state index in [0.717, 1.165) is 37.1 Å². The van der Waals surface area contributed by atoms with Gasteiger partial charge in [-0.05, 0) is 37.1 Å². The highest BCUT2D eigenvalue weighted by Gasteiger charge is 2.30. The third kappa shape index (κ3) is 4.04. The number of halogens is 3. The Morgan fingerprint density at radius 3 is 2.12 bits per heavy atom. The van der Waals surface area contributed by atoms with E-state index in [2.05, 4.69) is 12.2 Å². The first-order valence-corrected chi connectivity index (χ1v) is 5.89. The van der Waals surface area contributed by atoms with Gasteiger partial charge in [-0.25, -0.2) is 0 Å². The molecule has 1 nitrogen and oxygen atoms in total. The van der Waals surface area contributed by atoms with E-state index in [-0.39, 0.29) is 6.04 Å². The van der Waals surface area contributed by atoms with Gasteiger partial charge in [0.1, 0.15) is 0 Å². The van der Waals surface area contributed by atoms with Crippen molar-refractivity contribution in [1.29, 1.82) is 0 Å². The molecular formula is C13H18F3N. The molecule has 0 spiro atoms. The highest BCUT2D eigenvalue weighted by atomic mass is 19.4. The molecule has 0 aliphatic heterocycles. The first-order chi connectivity index (χ1) is 7.99. The molecule has 0 aliphatic rings. The Bertz CT molecular complexity index is 330. The minimum Gasteiger partial charge on any atom is -0.310 e. The van der Waals surface area contributed by atoms with Crippen LogP contribution in [-0.4, -0.2) is 6.54 Å². The van der Waals surface area contributed by atoms with Crippen molar-refractivity contribution in [3.63, 3.8) is 0 Å². The third-order valence-electron chi connectivity index (χ3n) is 2.69. The van der Waals surface area contributed by atoms with E-state index in [1.165, 1.54) is 0 Å². The average Bonchev–Trinajstić information content (AvgIpc) is 2.29. The lowest BCUT2D eigenvalue weighted by Crippen LogP contribution is -2.21. The molecule has 1 rings (SSSR count). The van der Waals surface area contributed by atoms with Gasteiger partial charge in [0.25, 0.3) is 0 Å². The van der Waals surface area contributed by atoms with Gasteiger partial charge in [-0.2, -0.15) is 13.2 Å². The van der Waals surface area contributed by atoms with Crippen LogP contribution in [0.15, 0.2) is 24.3 Å². The Hall–Kier alpha value is -1.03. The van der Waals surface area contributed by atoms with Crippen molar-refractivity contribution in [2.75, 3.05) is 6.54 Å². The van der Waals surface area contributed by atoms with Gasteiger partial charge in [0.05, 0.1) is 5.56 Å². The van der Waals surface area contributed by atoms with Gasteiger partial charge < -0.3 is 5.32 Å². The fraction of sp³-hybridized carbons (Fsp3) is 0.538. The van der Waals surface area contributed by atoms with E-state index in [0.29, 0.717) is 0 Å². The van der Waals surface area contributed by atoms with Crippen LogP contribution >= 0.6 is 0 Å². The zero-order chi connectivity index (χ0) is 12.9. The molecule has 1 atom stereocenters. The molecule has 1 aromatic rings. The topological polar surface area (TPSA) is 12.0 Å². The quantitative estimate of drug-likeness (QED) is 0.821.